The second-order valence-electron chi connectivity index (χ2n) is 9.70. The molecule has 9 nitrogen and oxygen atoms in total. The molecule has 2 aromatic heterocycles. The van der Waals surface area contributed by atoms with Crippen LogP contribution in [0.1, 0.15) is 48.8 Å². The Hall–Kier alpha value is -3.73. The third-order valence-electron chi connectivity index (χ3n) is 6.29. The van der Waals surface area contributed by atoms with Gasteiger partial charge in [-0.1, -0.05) is 6.92 Å². The molecule has 1 saturated heterocycles. The number of rotatable bonds is 7. The number of benzene rings is 1. The molecule has 1 aromatic carbocycles. The summed E-state index contributed by atoms with van der Waals surface area (Å²) < 4.78 is 48.3. The van der Waals surface area contributed by atoms with E-state index in [2.05, 4.69) is 16.6 Å². The van der Waals surface area contributed by atoms with E-state index >= 15 is 0 Å². The summed E-state index contributed by atoms with van der Waals surface area (Å²) in [5.74, 6) is -0.554. The van der Waals surface area contributed by atoms with Gasteiger partial charge in [0.25, 0.3) is 15.9 Å². The molecule has 0 bridgehead atoms. The lowest BCUT2D eigenvalue weighted by Crippen LogP contribution is -2.41. The Morgan fingerprint density at radius 2 is 2.05 bits per heavy atom. The molecule has 4 rings (SSSR count). The molecular weight excluding hydrogens is 497 g/mol. The Morgan fingerprint density at radius 3 is 2.70 bits per heavy atom. The first-order valence-electron chi connectivity index (χ1n) is 11.9. The van der Waals surface area contributed by atoms with Crippen LogP contribution in [0.15, 0.2) is 53.6 Å². The van der Waals surface area contributed by atoms with Crippen LogP contribution in [0.2, 0.25) is 0 Å². The van der Waals surface area contributed by atoms with Crippen LogP contribution < -0.4 is 20.1 Å². The minimum absolute atomic E-state index is 0. The summed E-state index contributed by atoms with van der Waals surface area (Å²) in [6.07, 6.45) is 2.19. The van der Waals surface area contributed by atoms with E-state index in [0.29, 0.717) is 30.5 Å². The second kappa shape index (κ2) is 9.97. The molecule has 0 spiro atoms. The molecule has 1 amide bonds. The third-order valence-corrected chi connectivity index (χ3v) is 7.67. The monoisotopic (exact) mass is 533 g/mol. The number of halogens is 1. The van der Waals surface area contributed by atoms with Crippen LogP contribution in [0.5, 0.6) is 5.75 Å². The molecule has 3 heterocycles. The number of pyridine rings is 2. The van der Waals surface area contributed by atoms with E-state index in [1.807, 2.05) is 25.7 Å². The van der Waals surface area contributed by atoms with Crippen molar-refractivity contribution in [2.24, 2.45) is 5.92 Å². The summed E-state index contributed by atoms with van der Waals surface area (Å²) in [6.45, 7) is 8.97. The molecule has 3 N–H and O–H groups in total. The van der Waals surface area contributed by atoms with Crippen molar-refractivity contribution in [3.05, 3.63) is 60.0 Å². The molecule has 11 heteroatoms. The highest BCUT2D eigenvalue weighted by Crippen LogP contribution is 2.39. The molecule has 0 unspecified atom stereocenters. The van der Waals surface area contributed by atoms with Crippen molar-refractivity contribution in [1.82, 2.24) is 14.7 Å². The number of nitrogen functional groups attached to an aromatic ring is 1. The van der Waals surface area contributed by atoms with E-state index in [1.165, 1.54) is 42.6 Å². The fourth-order valence-corrected chi connectivity index (χ4v) is 5.81. The van der Waals surface area contributed by atoms with E-state index in [9.17, 15) is 17.6 Å². The highest BCUT2D eigenvalue weighted by Gasteiger charge is 2.39. The Kier molecular flexibility index (Phi) is 7.09. The number of hydrogen-bond donors (Lipinski definition) is 2. The average molecular weight is 534 g/mol. The number of ether oxygens (including phenoxy) is 1. The maximum absolute atomic E-state index is 14.8. The lowest BCUT2D eigenvalue weighted by atomic mass is 9.97. The number of carbonyl (C=O) groups excluding carboxylic acids is 1. The Bertz CT molecular complexity index is 1460. The van der Waals surface area contributed by atoms with E-state index in [4.69, 9.17) is 15.5 Å². The van der Waals surface area contributed by atoms with Crippen molar-refractivity contribution in [1.29, 1.82) is 0 Å². The number of nitrogens with zero attached hydrogens (tertiary/aromatic N) is 3. The Labute approximate surface area is 220 Å². The van der Waals surface area contributed by atoms with E-state index in [-0.39, 0.29) is 37.5 Å². The summed E-state index contributed by atoms with van der Waals surface area (Å²) in [7, 11) is -4.31. The zero-order valence-electron chi connectivity index (χ0n) is 21.2. The van der Waals surface area contributed by atoms with Crippen molar-refractivity contribution in [3.63, 3.8) is 0 Å². The largest absolute Gasteiger partial charge is 0.494 e. The summed E-state index contributed by atoms with van der Waals surface area (Å²) >= 11 is 0. The maximum atomic E-state index is 14.8. The van der Waals surface area contributed by atoms with Gasteiger partial charge in [-0.15, -0.1) is 0 Å². The average Bonchev–Trinajstić information content (AvgIpc) is 3.11. The number of aromatic nitrogens is 2. The zero-order chi connectivity index (χ0) is 27.0. The molecule has 1 aliphatic heterocycles. The van der Waals surface area contributed by atoms with Crippen molar-refractivity contribution in [3.8, 4) is 17.0 Å². The lowest BCUT2D eigenvalue weighted by Gasteiger charge is -2.34. The van der Waals surface area contributed by atoms with E-state index < -0.39 is 21.7 Å². The van der Waals surface area contributed by atoms with Crippen LogP contribution in [0, 0.1) is 11.7 Å². The second-order valence-corrected chi connectivity index (χ2v) is 11.3. The molecule has 1 aliphatic rings. The molecule has 202 valence electrons. The van der Waals surface area contributed by atoms with Crippen LogP contribution in [0.4, 0.5) is 16.0 Å². The first kappa shape index (κ1) is 26.3. The van der Waals surface area contributed by atoms with Gasteiger partial charge >= 0.3 is 0 Å². The van der Waals surface area contributed by atoms with Gasteiger partial charge in [0, 0.05) is 28.1 Å². The first-order valence-corrected chi connectivity index (χ1v) is 13.4. The Balaban J connectivity index is 0.00000267. The van der Waals surface area contributed by atoms with Gasteiger partial charge in [0.05, 0.1) is 17.9 Å². The lowest BCUT2D eigenvalue weighted by molar-refractivity contribution is 0.0981. The SMILES string of the molecule is CCOc1ccc(F)c(-c2ccc(C(=O)NS(=O)(=O)c3cccnc3N)c(N3C[C@@H](C)CC3(C)C)n2)c1.[HH].[HH].[HH]. The fourth-order valence-electron chi connectivity index (χ4n) is 4.76. The minimum Gasteiger partial charge on any atom is -0.494 e. The topological polar surface area (TPSA) is 128 Å². The van der Waals surface area contributed by atoms with Gasteiger partial charge in [-0.3, -0.25) is 4.79 Å². The molecule has 0 aliphatic carbocycles. The number of anilines is 2. The highest BCUT2D eigenvalue weighted by molar-refractivity contribution is 7.90. The third kappa shape index (κ3) is 5.36. The molecule has 1 atom stereocenters. The van der Waals surface area contributed by atoms with Gasteiger partial charge in [-0.25, -0.2) is 27.5 Å². The van der Waals surface area contributed by atoms with Crippen molar-refractivity contribution in [2.75, 3.05) is 23.8 Å². The number of amides is 1. The zero-order valence-corrected chi connectivity index (χ0v) is 22.0. The quantitative estimate of drug-likeness (QED) is 0.446. The molecule has 1 fully saturated rings. The summed E-state index contributed by atoms with van der Waals surface area (Å²) in [5.41, 5.74) is 5.89. The number of hydrogen-bond acceptors (Lipinski definition) is 8. The van der Waals surface area contributed by atoms with Gasteiger partial charge in [0.15, 0.2) is 0 Å². The first-order chi connectivity index (χ1) is 17.4. The van der Waals surface area contributed by atoms with Crippen LogP contribution in [-0.2, 0) is 10.0 Å². The van der Waals surface area contributed by atoms with Crippen molar-refractivity contribution >= 4 is 27.6 Å². The van der Waals surface area contributed by atoms with Crippen LogP contribution in [0.25, 0.3) is 11.3 Å². The summed E-state index contributed by atoms with van der Waals surface area (Å²) in [5, 5.41) is 0. The number of nitrogens with two attached hydrogens (primary N) is 1. The Morgan fingerprint density at radius 1 is 1.30 bits per heavy atom. The molecular formula is C26H36FN5O4S. The highest BCUT2D eigenvalue weighted by atomic mass is 32.2. The predicted molar refractivity (Wildman–Crippen MR) is 146 cm³/mol. The van der Waals surface area contributed by atoms with Gasteiger partial charge in [-0.2, -0.15) is 0 Å². The summed E-state index contributed by atoms with van der Waals surface area (Å²) in [4.78, 5) is 23.5. The predicted octanol–water partition coefficient (Wildman–Crippen LogP) is 4.75. The number of nitrogens with one attached hydrogen (secondary N) is 1. The summed E-state index contributed by atoms with van der Waals surface area (Å²) in [6, 6.07) is 10.0. The van der Waals surface area contributed by atoms with Crippen molar-refractivity contribution < 1.29 is 26.6 Å². The van der Waals surface area contributed by atoms with E-state index in [1.54, 1.807) is 6.07 Å². The number of sulfonamides is 1. The van der Waals surface area contributed by atoms with Gasteiger partial charge in [-0.05, 0) is 75.6 Å². The molecule has 0 saturated carbocycles. The maximum Gasteiger partial charge on any atom is 0.268 e. The normalized spacial score (nSPS) is 17.0. The van der Waals surface area contributed by atoms with Crippen molar-refractivity contribution in [2.45, 2.75) is 44.6 Å². The molecule has 37 heavy (non-hydrogen) atoms. The van der Waals surface area contributed by atoms with E-state index in [0.717, 1.165) is 6.42 Å². The molecule has 0 radical (unpaired) electrons. The van der Waals surface area contributed by atoms with Gasteiger partial charge in [0.1, 0.15) is 28.1 Å². The van der Waals surface area contributed by atoms with Crippen LogP contribution in [0.3, 0.4) is 0 Å². The fraction of sp³-hybridized carbons (Fsp3) is 0.346. The van der Waals surface area contributed by atoms with Gasteiger partial charge < -0.3 is 15.4 Å². The van der Waals surface area contributed by atoms with Crippen LogP contribution in [-0.4, -0.2) is 43.0 Å². The standard InChI is InChI=1S/C26H30FN5O4S.3H2/c1-5-36-17-8-10-20(27)19(13-17)21-11-9-18(24(30-21)32-15-16(2)14-26(32,3)4)25(33)31-37(34,35)22-7-6-12-29-23(22)28;;;/h6-13,16H,5,14-15H2,1-4H3,(H2,28,29)(H,31,33);3*1H/t16-;;;/m0.../s1. The van der Waals surface area contributed by atoms with Crippen LogP contribution >= 0.6 is 0 Å². The minimum atomic E-state index is -4.31. The number of carbonyl (C=O) groups is 1. The smallest absolute Gasteiger partial charge is 0.268 e. The molecule has 3 aromatic rings. The van der Waals surface area contributed by atoms with Gasteiger partial charge in [0.2, 0.25) is 0 Å².